The largest absolute Gasteiger partial charge is 0.508 e. The Morgan fingerprint density at radius 3 is 2.57 bits per heavy atom. The molecular formula is C17H19NO2S. The smallest absolute Gasteiger partial charge is 0.232 e. The number of hydrogen-bond donors (Lipinski definition) is 1. The molecule has 0 unspecified atom stereocenters. The van der Waals surface area contributed by atoms with Gasteiger partial charge < -0.3 is 10.0 Å². The summed E-state index contributed by atoms with van der Waals surface area (Å²) in [6.45, 7) is 2.66. The molecule has 0 saturated heterocycles. The number of amides is 1. The maximum atomic E-state index is 12.1. The van der Waals surface area contributed by atoms with E-state index < -0.39 is 0 Å². The van der Waals surface area contributed by atoms with E-state index in [0.29, 0.717) is 12.3 Å². The first kappa shape index (κ1) is 15.4. The van der Waals surface area contributed by atoms with Gasteiger partial charge in [0.15, 0.2) is 0 Å². The monoisotopic (exact) mass is 301 g/mol. The molecule has 2 aromatic rings. The molecule has 0 atom stereocenters. The molecule has 0 saturated carbocycles. The Hall–Kier alpha value is -1.94. The summed E-state index contributed by atoms with van der Waals surface area (Å²) in [6, 6.07) is 15.1. The Morgan fingerprint density at radius 2 is 1.90 bits per heavy atom. The molecule has 0 fully saturated rings. The topological polar surface area (TPSA) is 40.5 Å². The van der Waals surface area contributed by atoms with Crippen LogP contribution in [0.25, 0.3) is 0 Å². The summed E-state index contributed by atoms with van der Waals surface area (Å²) in [5.74, 6) is 0.663. The first-order chi connectivity index (χ1) is 10.0. The Bertz CT molecular complexity index is 610. The van der Waals surface area contributed by atoms with Crippen LogP contribution >= 0.6 is 11.8 Å². The van der Waals surface area contributed by atoms with Crippen molar-refractivity contribution in [1.82, 2.24) is 4.90 Å². The highest BCUT2D eigenvalue weighted by molar-refractivity contribution is 8.00. The molecule has 2 rings (SSSR count). The molecule has 0 aliphatic heterocycles. The third-order valence-corrected chi connectivity index (χ3v) is 4.12. The molecule has 0 spiro atoms. The zero-order valence-electron chi connectivity index (χ0n) is 12.2. The van der Waals surface area contributed by atoms with Crippen molar-refractivity contribution in [3.05, 3.63) is 59.7 Å². The van der Waals surface area contributed by atoms with Crippen molar-refractivity contribution in [2.24, 2.45) is 0 Å². The minimum absolute atomic E-state index is 0.0731. The SMILES string of the molecule is Cc1ccc(CN(C)C(=O)CSc2cccc(O)c2)cc1. The first-order valence-corrected chi connectivity index (χ1v) is 7.74. The molecule has 0 aromatic heterocycles. The van der Waals surface area contributed by atoms with Crippen LogP contribution in [0.1, 0.15) is 11.1 Å². The Balaban J connectivity index is 1.86. The number of thioether (sulfide) groups is 1. The van der Waals surface area contributed by atoms with Crippen LogP contribution in [-0.4, -0.2) is 28.7 Å². The van der Waals surface area contributed by atoms with E-state index in [4.69, 9.17) is 0 Å². The summed E-state index contributed by atoms with van der Waals surface area (Å²) in [4.78, 5) is 14.7. The van der Waals surface area contributed by atoms with Crippen molar-refractivity contribution in [3.63, 3.8) is 0 Å². The number of carbonyl (C=O) groups excluding carboxylic acids is 1. The number of nitrogens with zero attached hydrogens (tertiary/aromatic N) is 1. The molecular weight excluding hydrogens is 282 g/mol. The number of phenols is 1. The van der Waals surface area contributed by atoms with Gasteiger partial charge >= 0.3 is 0 Å². The molecule has 21 heavy (non-hydrogen) atoms. The molecule has 4 heteroatoms. The second-order valence-corrected chi connectivity index (χ2v) is 6.07. The number of rotatable bonds is 5. The lowest BCUT2D eigenvalue weighted by atomic mass is 10.1. The minimum Gasteiger partial charge on any atom is -0.508 e. The fourth-order valence-corrected chi connectivity index (χ4v) is 2.77. The van der Waals surface area contributed by atoms with Crippen LogP contribution in [0.3, 0.4) is 0 Å². The highest BCUT2D eigenvalue weighted by atomic mass is 32.2. The lowest BCUT2D eigenvalue weighted by Gasteiger charge is -2.17. The zero-order chi connectivity index (χ0) is 15.2. The van der Waals surface area contributed by atoms with Crippen LogP contribution in [0.15, 0.2) is 53.4 Å². The molecule has 1 amide bonds. The molecule has 3 nitrogen and oxygen atoms in total. The van der Waals surface area contributed by atoms with Crippen LogP contribution in [-0.2, 0) is 11.3 Å². The number of phenolic OH excluding ortho intramolecular Hbond substituents is 1. The summed E-state index contributed by atoms with van der Waals surface area (Å²) in [5, 5.41) is 9.40. The lowest BCUT2D eigenvalue weighted by Crippen LogP contribution is -2.27. The van der Waals surface area contributed by atoms with E-state index in [1.54, 1.807) is 23.1 Å². The second kappa shape index (κ2) is 7.18. The molecule has 0 radical (unpaired) electrons. The number of aryl methyl sites for hydroxylation is 1. The molecule has 110 valence electrons. The summed E-state index contributed by atoms with van der Waals surface area (Å²) >= 11 is 1.43. The number of aromatic hydroxyl groups is 1. The van der Waals surface area contributed by atoms with Gasteiger partial charge in [0.25, 0.3) is 0 Å². The van der Waals surface area contributed by atoms with Crippen molar-refractivity contribution in [2.75, 3.05) is 12.8 Å². The van der Waals surface area contributed by atoms with E-state index in [1.165, 1.54) is 17.3 Å². The minimum atomic E-state index is 0.0731. The van der Waals surface area contributed by atoms with Gasteiger partial charge in [-0.05, 0) is 30.7 Å². The summed E-state index contributed by atoms with van der Waals surface area (Å²) in [5.41, 5.74) is 2.34. The van der Waals surface area contributed by atoms with Gasteiger partial charge in [-0.25, -0.2) is 0 Å². The predicted molar refractivity (Wildman–Crippen MR) is 86.5 cm³/mol. The molecule has 2 aromatic carbocycles. The van der Waals surface area contributed by atoms with Crippen LogP contribution in [0.2, 0.25) is 0 Å². The first-order valence-electron chi connectivity index (χ1n) is 6.76. The van der Waals surface area contributed by atoms with E-state index in [0.717, 1.165) is 10.5 Å². The molecule has 0 bridgehead atoms. The third kappa shape index (κ3) is 4.83. The molecule has 0 aliphatic carbocycles. The van der Waals surface area contributed by atoms with Crippen LogP contribution in [0.4, 0.5) is 0 Å². The van der Waals surface area contributed by atoms with Gasteiger partial charge in [0, 0.05) is 18.5 Å². The van der Waals surface area contributed by atoms with Crippen molar-refractivity contribution in [3.8, 4) is 5.75 Å². The van der Waals surface area contributed by atoms with E-state index in [-0.39, 0.29) is 11.7 Å². The summed E-state index contributed by atoms with van der Waals surface area (Å²) in [6.07, 6.45) is 0. The summed E-state index contributed by atoms with van der Waals surface area (Å²) < 4.78 is 0. The zero-order valence-corrected chi connectivity index (χ0v) is 13.1. The van der Waals surface area contributed by atoms with Crippen LogP contribution < -0.4 is 0 Å². The normalized spacial score (nSPS) is 10.4. The maximum Gasteiger partial charge on any atom is 0.232 e. The van der Waals surface area contributed by atoms with Crippen molar-refractivity contribution < 1.29 is 9.90 Å². The van der Waals surface area contributed by atoms with Crippen molar-refractivity contribution >= 4 is 17.7 Å². The van der Waals surface area contributed by atoms with Crippen LogP contribution in [0.5, 0.6) is 5.75 Å². The molecule has 0 heterocycles. The van der Waals surface area contributed by atoms with Gasteiger partial charge in [-0.3, -0.25) is 4.79 Å². The molecule has 1 N–H and O–H groups in total. The van der Waals surface area contributed by atoms with Gasteiger partial charge in [-0.1, -0.05) is 35.9 Å². The fourth-order valence-electron chi connectivity index (χ4n) is 1.88. The van der Waals surface area contributed by atoms with E-state index in [2.05, 4.69) is 12.1 Å². The van der Waals surface area contributed by atoms with E-state index in [1.807, 2.05) is 32.2 Å². The van der Waals surface area contributed by atoms with E-state index >= 15 is 0 Å². The fraction of sp³-hybridized carbons (Fsp3) is 0.235. The average Bonchev–Trinajstić information content (AvgIpc) is 2.47. The summed E-state index contributed by atoms with van der Waals surface area (Å²) in [7, 11) is 1.81. The van der Waals surface area contributed by atoms with Gasteiger partial charge in [0.2, 0.25) is 5.91 Å². The van der Waals surface area contributed by atoms with Gasteiger partial charge in [0.1, 0.15) is 5.75 Å². The standard InChI is InChI=1S/C17H19NO2S/c1-13-6-8-14(9-7-13)11-18(2)17(20)12-21-16-5-3-4-15(19)10-16/h3-10,19H,11-12H2,1-2H3. The quantitative estimate of drug-likeness (QED) is 0.860. The Labute approximate surface area is 129 Å². The lowest BCUT2D eigenvalue weighted by molar-refractivity contribution is -0.127. The number of hydrogen-bond acceptors (Lipinski definition) is 3. The highest BCUT2D eigenvalue weighted by Gasteiger charge is 2.10. The Morgan fingerprint density at radius 1 is 1.19 bits per heavy atom. The third-order valence-electron chi connectivity index (χ3n) is 3.15. The Kier molecular flexibility index (Phi) is 5.28. The predicted octanol–water partition coefficient (Wildman–Crippen LogP) is 3.45. The van der Waals surface area contributed by atoms with Gasteiger partial charge in [-0.15, -0.1) is 11.8 Å². The number of benzene rings is 2. The van der Waals surface area contributed by atoms with Gasteiger partial charge in [-0.2, -0.15) is 0 Å². The maximum absolute atomic E-state index is 12.1. The average molecular weight is 301 g/mol. The van der Waals surface area contributed by atoms with E-state index in [9.17, 15) is 9.90 Å². The van der Waals surface area contributed by atoms with Crippen molar-refractivity contribution in [2.45, 2.75) is 18.4 Å². The number of carbonyl (C=O) groups is 1. The highest BCUT2D eigenvalue weighted by Crippen LogP contribution is 2.22. The van der Waals surface area contributed by atoms with Crippen LogP contribution in [0, 0.1) is 6.92 Å². The second-order valence-electron chi connectivity index (χ2n) is 5.02. The van der Waals surface area contributed by atoms with Gasteiger partial charge in [0.05, 0.1) is 5.75 Å². The van der Waals surface area contributed by atoms with Crippen molar-refractivity contribution in [1.29, 1.82) is 0 Å². The molecule has 0 aliphatic rings.